The molecular weight excluding hydrogens is 396 g/mol. The van der Waals surface area contributed by atoms with Crippen LogP contribution in [0.1, 0.15) is 35.0 Å². The number of amides is 2. The summed E-state index contributed by atoms with van der Waals surface area (Å²) in [4.78, 5) is 38.5. The summed E-state index contributed by atoms with van der Waals surface area (Å²) in [5.41, 5.74) is 2.15. The Morgan fingerprint density at radius 3 is 2.52 bits per heavy atom. The number of para-hydroxylation sites is 1. The van der Waals surface area contributed by atoms with Crippen molar-refractivity contribution in [3.8, 4) is 0 Å². The quantitative estimate of drug-likeness (QED) is 0.663. The van der Waals surface area contributed by atoms with Gasteiger partial charge in [0.15, 0.2) is 6.61 Å². The molecule has 0 fully saturated rings. The van der Waals surface area contributed by atoms with Crippen molar-refractivity contribution in [1.29, 1.82) is 0 Å². The first-order valence-electron chi connectivity index (χ1n) is 9.24. The minimum Gasteiger partial charge on any atom is -0.452 e. The summed E-state index contributed by atoms with van der Waals surface area (Å²) in [6.45, 7) is 5.15. The fourth-order valence-corrected chi connectivity index (χ4v) is 3.04. The highest BCUT2D eigenvalue weighted by Gasteiger charge is 2.23. The maximum absolute atomic E-state index is 12.5. The van der Waals surface area contributed by atoms with Gasteiger partial charge in [0.1, 0.15) is 10.7 Å². The van der Waals surface area contributed by atoms with Gasteiger partial charge in [-0.15, -0.1) is 0 Å². The molecule has 0 aliphatic carbocycles. The van der Waals surface area contributed by atoms with Gasteiger partial charge in [-0.05, 0) is 31.9 Å². The number of ether oxygens (including phenoxy) is 1. The van der Waals surface area contributed by atoms with E-state index >= 15 is 0 Å². The average molecular weight is 421 g/mol. The van der Waals surface area contributed by atoms with E-state index in [4.69, 9.17) is 16.3 Å². The van der Waals surface area contributed by atoms with E-state index in [1.807, 2.05) is 32.0 Å². The van der Waals surface area contributed by atoms with Crippen molar-refractivity contribution in [2.75, 3.05) is 25.0 Å². The van der Waals surface area contributed by atoms with Crippen LogP contribution in [-0.4, -0.2) is 52.2 Å². The first-order valence-corrected chi connectivity index (χ1v) is 9.61. The molecule has 0 atom stereocenters. The third-order valence-electron chi connectivity index (χ3n) is 4.28. The first-order chi connectivity index (χ1) is 13.7. The van der Waals surface area contributed by atoms with Crippen LogP contribution in [0.4, 0.5) is 5.69 Å². The molecular formula is C20H25ClN4O4. The molecule has 2 amide bonds. The van der Waals surface area contributed by atoms with Crippen molar-refractivity contribution in [3.05, 3.63) is 46.2 Å². The summed E-state index contributed by atoms with van der Waals surface area (Å²) in [5.74, 6) is -1.51. The van der Waals surface area contributed by atoms with Crippen LogP contribution in [0.15, 0.2) is 24.3 Å². The summed E-state index contributed by atoms with van der Waals surface area (Å²) in [6.07, 6.45) is 0.658. The van der Waals surface area contributed by atoms with Crippen LogP contribution >= 0.6 is 11.6 Å². The molecule has 1 aromatic heterocycles. The zero-order valence-corrected chi connectivity index (χ0v) is 17.7. The summed E-state index contributed by atoms with van der Waals surface area (Å²) < 4.78 is 6.47. The summed E-state index contributed by atoms with van der Waals surface area (Å²) in [5, 5.41) is 6.98. The zero-order valence-electron chi connectivity index (χ0n) is 17.0. The van der Waals surface area contributed by atoms with E-state index in [0.29, 0.717) is 24.3 Å². The lowest BCUT2D eigenvalue weighted by Crippen LogP contribution is -2.40. The van der Waals surface area contributed by atoms with Gasteiger partial charge in [0.05, 0.1) is 12.2 Å². The number of aromatic nitrogens is 2. The van der Waals surface area contributed by atoms with Gasteiger partial charge in [-0.1, -0.05) is 36.7 Å². The Hall–Kier alpha value is -2.87. The third kappa shape index (κ3) is 5.80. The van der Waals surface area contributed by atoms with Gasteiger partial charge in [-0.2, -0.15) is 5.10 Å². The smallest absolute Gasteiger partial charge is 0.343 e. The highest BCUT2D eigenvalue weighted by Crippen LogP contribution is 2.19. The monoisotopic (exact) mass is 420 g/mol. The molecule has 1 N–H and O–H groups in total. The Balaban J connectivity index is 1.97. The van der Waals surface area contributed by atoms with E-state index in [-0.39, 0.29) is 23.2 Å². The Bertz CT molecular complexity index is 910. The SMILES string of the molecule is CCCN(CC(=O)Nc1ccccc1C)C(=O)COC(=O)c1c(C)nn(C)c1Cl. The molecule has 9 heteroatoms. The molecule has 2 rings (SSSR count). The Labute approximate surface area is 174 Å². The normalized spacial score (nSPS) is 10.5. The summed E-state index contributed by atoms with van der Waals surface area (Å²) in [7, 11) is 1.60. The molecule has 8 nitrogen and oxygen atoms in total. The molecule has 0 unspecified atom stereocenters. The number of hydrogen-bond donors (Lipinski definition) is 1. The lowest BCUT2D eigenvalue weighted by molar-refractivity contribution is -0.137. The highest BCUT2D eigenvalue weighted by atomic mass is 35.5. The van der Waals surface area contributed by atoms with Crippen molar-refractivity contribution < 1.29 is 19.1 Å². The van der Waals surface area contributed by atoms with Gasteiger partial charge < -0.3 is 15.0 Å². The van der Waals surface area contributed by atoms with Crippen LogP contribution in [0.2, 0.25) is 5.15 Å². The zero-order chi connectivity index (χ0) is 21.6. The Kier molecular flexibility index (Phi) is 7.78. The number of esters is 1. The van der Waals surface area contributed by atoms with Crippen molar-refractivity contribution in [1.82, 2.24) is 14.7 Å². The number of aryl methyl sites for hydroxylation is 3. The number of carbonyl (C=O) groups is 3. The Morgan fingerprint density at radius 2 is 1.93 bits per heavy atom. The number of nitrogens with one attached hydrogen (secondary N) is 1. The molecule has 156 valence electrons. The fraction of sp³-hybridized carbons (Fsp3) is 0.400. The largest absolute Gasteiger partial charge is 0.452 e. The van der Waals surface area contributed by atoms with Gasteiger partial charge >= 0.3 is 5.97 Å². The van der Waals surface area contributed by atoms with Gasteiger partial charge in [0.25, 0.3) is 5.91 Å². The minimum absolute atomic E-state index is 0.126. The maximum Gasteiger partial charge on any atom is 0.343 e. The van der Waals surface area contributed by atoms with Crippen molar-refractivity contribution >= 4 is 35.1 Å². The molecule has 0 aliphatic heterocycles. The number of benzene rings is 1. The van der Waals surface area contributed by atoms with E-state index in [0.717, 1.165) is 5.56 Å². The molecule has 0 saturated heterocycles. The number of rotatable bonds is 8. The van der Waals surface area contributed by atoms with Crippen molar-refractivity contribution in [2.24, 2.45) is 7.05 Å². The molecule has 0 bridgehead atoms. The van der Waals surface area contributed by atoms with Crippen LogP contribution in [0.5, 0.6) is 0 Å². The van der Waals surface area contributed by atoms with Crippen LogP contribution in [0.25, 0.3) is 0 Å². The molecule has 0 radical (unpaired) electrons. The molecule has 29 heavy (non-hydrogen) atoms. The van der Waals surface area contributed by atoms with E-state index in [9.17, 15) is 14.4 Å². The number of halogens is 1. The molecule has 0 aliphatic rings. The predicted molar refractivity (Wildman–Crippen MR) is 110 cm³/mol. The van der Waals surface area contributed by atoms with Gasteiger partial charge in [-0.25, -0.2) is 4.79 Å². The second kappa shape index (κ2) is 10.1. The number of carbonyl (C=O) groups excluding carboxylic acids is 3. The van der Waals surface area contributed by atoms with Crippen molar-refractivity contribution in [3.63, 3.8) is 0 Å². The van der Waals surface area contributed by atoms with Crippen LogP contribution in [0.3, 0.4) is 0 Å². The van der Waals surface area contributed by atoms with Gasteiger partial charge in [0, 0.05) is 19.3 Å². The minimum atomic E-state index is -0.727. The number of anilines is 1. The van der Waals surface area contributed by atoms with Crippen molar-refractivity contribution in [2.45, 2.75) is 27.2 Å². The number of nitrogens with zero attached hydrogens (tertiary/aromatic N) is 3. The topological polar surface area (TPSA) is 93.5 Å². The molecule has 2 aromatic rings. The van der Waals surface area contributed by atoms with E-state index in [1.54, 1.807) is 20.0 Å². The maximum atomic E-state index is 12.5. The second-order valence-corrected chi connectivity index (χ2v) is 6.99. The Morgan fingerprint density at radius 1 is 1.24 bits per heavy atom. The van der Waals surface area contributed by atoms with E-state index in [2.05, 4.69) is 10.4 Å². The summed E-state index contributed by atoms with van der Waals surface area (Å²) in [6, 6.07) is 7.38. The van der Waals surface area contributed by atoms with E-state index in [1.165, 1.54) is 9.58 Å². The average Bonchev–Trinajstić information content (AvgIpc) is 2.93. The van der Waals surface area contributed by atoms with Crippen LogP contribution in [-0.2, 0) is 21.4 Å². The lowest BCUT2D eigenvalue weighted by atomic mass is 10.2. The fourth-order valence-electron chi connectivity index (χ4n) is 2.79. The van der Waals surface area contributed by atoms with Gasteiger partial charge in [0.2, 0.25) is 5.91 Å². The summed E-state index contributed by atoms with van der Waals surface area (Å²) >= 11 is 6.05. The molecule has 0 saturated carbocycles. The van der Waals surface area contributed by atoms with Crippen LogP contribution < -0.4 is 5.32 Å². The molecule has 1 aromatic carbocycles. The molecule has 0 spiro atoms. The first kappa shape index (κ1) is 22.4. The standard InChI is InChI=1S/C20H25ClN4O4/c1-5-10-25(11-16(26)22-15-9-7-6-8-13(15)2)17(27)12-29-20(28)18-14(3)23-24(4)19(18)21/h6-9H,5,10-12H2,1-4H3,(H,22,26). The number of hydrogen-bond acceptors (Lipinski definition) is 5. The van der Waals surface area contributed by atoms with Crippen LogP contribution in [0, 0.1) is 13.8 Å². The highest BCUT2D eigenvalue weighted by molar-refractivity contribution is 6.32. The lowest BCUT2D eigenvalue weighted by Gasteiger charge is -2.21. The van der Waals surface area contributed by atoms with E-state index < -0.39 is 18.5 Å². The van der Waals surface area contributed by atoms with Gasteiger partial charge in [-0.3, -0.25) is 14.3 Å². The third-order valence-corrected chi connectivity index (χ3v) is 4.72. The second-order valence-electron chi connectivity index (χ2n) is 6.63. The molecule has 1 heterocycles. The predicted octanol–water partition coefficient (Wildman–Crippen LogP) is 2.72.